The fourth-order valence-corrected chi connectivity index (χ4v) is 1.67. The Hall–Kier alpha value is -1.55. The number of carbonyl (C=O) groups excluding carboxylic acids is 1. The molecule has 0 bridgehead atoms. The van der Waals surface area contributed by atoms with Crippen LogP contribution in [-0.2, 0) is 9.47 Å². The number of ether oxygens (including phenoxy) is 2. The fraction of sp³-hybridized carbons (Fsp3) is 0.417. The number of carbonyl (C=O) groups is 1. The Labute approximate surface area is 93.8 Å². The van der Waals surface area contributed by atoms with Crippen molar-refractivity contribution in [3.8, 4) is 5.75 Å². The highest BCUT2D eigenvalue weighted by atomic mass is 16.6. The van der Waals surface area contributed by atoms with Gasteiger partial charge in [-0.05, 0) is 25.0 Å². The van der Waals surface area contributed by atoms with Crippen molar-refractivity contribution in [2.45, 2.75) is 18.9 Å². The molecular formula is C12H14O4. The molecule has 16 heavy (non-hydrogen) atoms. The van der Waals surface area contributed by atoms with E-state index in [1.807, 2.05) is 0 Å². The highest BCUT2D eigenvalue weighted by molar-refractivity contribution is 5.92. The third-order valence-corrected chi connectivity index (χ3v) is 2.55. The van der Waals surface area contributed by atoms with Crippen molar-refractivity contribution >= 4 is 5.97 Å². The second kappa shape index (κ2) is 4.99. The monoisotopic (exact) mass is 222 g/mol. The molecule has 1 aromatic rings. The maximum absolute atomic E-state index is 11.6. The van der Waals surface area contributed by atoms with Crippen molar-refractivity contribution in [3.05, 3.63) is 29.8 Å². The summed E-state index contributed by atoms with van der Waals surface area (Å²) >= 11 is 0. The number of benzene rings is 1. The summed E-state index contributed by atoms with van der Waals surface area (Å²) in [5, 5.41) is 9.44. The second-order valence-electron chi connectivity index (χ2n) is 3.75. The van der Waals surface area contributed by atoms with Crippen LogP contribution in [0, 0.1) is 0 Å². The Morgan fingerprint density at radius 3 is 3.00 bits per heavy atom. The zero-order chi connectivity index (χ0) is 11.4. The lowest BCUT2D eigenvalue weighted by Crippen LogP contribution is -2.17. The number of rotatable bonds is 3. The molecule has 1 heterocycles. The third-order valence-electron chi connectivity index (χ3n) is 2.55. The first-order valence-corrected chi connectivity index (χ1v) is 5.34. The molecule has 1 aromatic carbocycles. The van der Waals surface area contributed by atoms with Crippen LogP contribution >= 0.6 is 0 Å². The summed E-state index contributed by atoms with van der Waals surface area (Å²) in [6, 6.07) is 6.34. The molecule has 1 N–H and O–H groups in total. The first-order chi connectivity index (χ1) is 7.77. The Morgan fingerprint density at radius 1 is 1.50 bits per heavy atom. The smallest absolute Gasteiger partial charge is 0.342 e. The van der Waals surface area contributed by atoms with Crippen LogP contribution in [0.25, 0.3) is 0 Å². The molecule has 1 saturated heterocycles. The van der Waals surface area contributed by atoms with Gasteiger partial charge in [0.2, 0.25) is 0 Å². The van der Waals surface area contributed by atoms with Crippen LogP contribution in [0.15, 0.2) is 24.3 Å². The molecule has 1 atom stereocenters. The number of para-hydroxylation sites is 1. The summed E-state index contributed by atoms with van der Waals surface area (Å²) in [5.74, 6) is -0.562. The number of hydrogen-bond acceptors (Lipinski definition) is 4. The average molecular weight is 222 g/mol. The number of aromatic hydroxyl groups is 1. The maximum atomic E-state index is 11.6. The summed E-state index contributed by atoms with van der Waals surface area (Å²) in [6.45, 7) is 0.992. The van der Waals surface area contributed by atoms with Crippen molar-refractivity contribution in [2.75, 3.05) is 13.2 Å². The number of esters is 1. The second-order valence-corrected chi connectivity index (χ2v) is 3.75. The minimum Gasteiger partial charge on any atom is -0.507 e. The lowest BCUT2D eigenvalue weighted by Gasteiger charge is -2.10. The van der Waals surface area contributed by atoms with Crippen LogP contribution in [0.4, 0.5) is 0 Å². The van der Waals surface area contributed by atoms with Gasteiger partial charge in [-0.3, -0.25) is 0 Å². The topological polar surface area (TPSA) is 55.8 Å². The van der Waals surface area contributed by atoms with E-state index in [-0.39, 0.29) is 24.0 Å². The van der Waals surface area contributed by atoms with Gasteiger partial charge in [0.15, 0.2) is 0 Å². The van der Waals surface area contributed by atoms with Gasteiger partial charge in [0, 0.05) is 6.61 Å². The number of phenols is 1. The molecule has 2 rings (SSSR count). The standard InChI is InChI=1S/C12H14O4/c13-11-6-2-1-5-10(11)12(14)16-8-9-4-3-7-15-9/h1-2,5-6,9,13H,3-4,7-8H2/t9-/m0/s1. The molecule has 4 heteroatoms. The summed E-state index contributed by atoms with van der Waals surface area (Å²) in [7, 11) is 0. The van der Waals surface area contributed by atoms with Crippen LogP contribution in [0.1, 0.15) is 23.2 Å². The van der Waals surface area contributed by atoms with E-state index < -0.39 is 5.97 Å². The van der Waals surface area contributed by atoms with Gasteiger partial charge in [-0.2, -0.15) is 0 Å². The highest BCUT2D eigenvalue weighted by Crippen LogP contribution is 2.18. The molecule has 86 valence electrons. The molecular weight excluding hydrogens is 208 g/mol. The zero-order valence-corrected chi connectivity index (χ0v) is 8.89. The van der Waals surface area contributed by atoms with Gasteiger partial charge < -0.3 is 14.6 Å². The van der Waals surface area contributed by atoms with Gasteiger partial charge in [-0.1, -0.05) is 12.1 Å². The van der Waals surface area contributed by atoms with E-state index in [0.29, 0.717) is 0 Å². The first kappa shape index (κ1) is 11.0. The van der Waals surface area contributed by atoms with Crippen molar-refractivity contribution < 1.29 is 19.4 Å². The lowest BCUT2D eigenvalue weighted by atomic mass is 10.2. The summed E-state index contributed by atoms with van der Waals surface area (Å²) < 4.78 is 10.4. The Kier molecular flexibility index (Phi) is 3.41. The summed E-state index contributed by atoms with van der Waals surface area (Å²) in [6.07, 6.45) is 1.95. The van der Waals surface area contributed by atoms with Crippen LogP contribution in [0.2, 0.25) is 0 Å². The Morgan fingerprint density at radius 2 is 2.31 bits per heavy atom. The molecule has 0 aliphatic carbocycles. The molecule has 0 radical (unpaired) electrons. The molecule has 1 aliphatic heterocycles. The van der Waals surface area contributed by atoms with Gasteiger partial charge in [0.25, 0.3) is 0 Å². The predicted octanol–water partition coefficient (Wildman–Crippen LogP) is 1.73. The Balaban J connectivity index is 1.90. The van der Waals surface area contributed by atoms with E-state index in [1.54, 1.807) is 12.1 Å². The van der Waals surface area contributed by atoms with E-state index in [1.165, 1.54) is 12.1 Å². The molecule has 1 aliphatic rings. The Bertz CT molecular complexity index is 369. The van der Waals surface area contributed by atoms with Crippen LogP contribution in [0.5, 0.6) is 5.75 Å². The average Bonchev–Trinajstić information content (AvgIpc) is 2.79. The minimum atomic E-state index is -0.506. The minimum absolute atomic E-state index is 0.00908. The highest BCUT2D eigenvalue weighted by Gasteiger charge is 2.19. The van der Waals surface area contributed by atoms with Crippen molar-refractivity contribution in [2.24, 2.45) is 0 Å². The van der Waals surface area contributed by atoms with E-state index in [9.17, 15) is 9.90 Å². The van der Waals surface area contributed by atoms with Crippen LogP contribution < -0.4 is 0 Å². The third kappa shape index (κ3) is 2.52. The molecule has 4 nitrogen and oxygen atoms in total. The van der Waals surface area contributed by atoms with E-state index in [0.717, 1.165) is 19.4 Å². The molecule has 1 fully saturated rings. The van der Waals surface area contributed by atoms with Crippen molar-refractivity contribution in [3.63, 3.8) is 0 Å². The SMILES string of the molecule is O=C(OC[C@@H]1CCCO1)c1ccccc1O. The van der Waals surface area contributed by atoms with Crippen molar-refractivity contribution in [1.29, 1.82) is 0 Å². The molecule has 0 unspecified atom stereocenters. The number of phenolic OH excluding ortho intramolecular Hbond substituents is 1. The predicted molar refractivity (Wildman–Crippen MR) is 57.4 cm³/mol. The largest absolute Gasteiger partial charge is 0.507 e. The quantitative estimate of drug-likeness (QED) is 0.791. The van der Waals surface area contributed by atoms with Gasteiger partial charge in [-0.15, -0.1) is 0 Å². The van der Waals surface area contributed by atoms with Gasteiger partial charge in [0.05, 0.1) is 6.10 Å². The van der Waals surface area contributed by atoms with Crippen LogP contribution in [0.3, 0.4) is 0 Å². The molecule has 0 spiro atoms. The van der Waals surface area contributed by atoms with Gasteiger partial charge >= 0.3 is 5.97 Å². The van der Waals surface area contributed by atoms with E-state index >= 15 is 0 Å². The molecule has 0 saturated carbocycles. The summed E-state index contributed by atoms with van der Waals surface area (Å²) in [4.78, 5) is 11.6. The lowest BCUT2D eigenvalue weighted by molar-refractivity contribution is 0.0159. The zero-order valence-electron chi connectivity index (χ0n) is 8.89. The van der Waals surface area contributed by atoms with Gasteiger partial charge in [-0.25, -0.2) is 4.79 Å². The summed E-state index contributed by atoms with van der Waals surface area (Å²) in [5.41, 5.74) is 0.195. The number of hydrogen-bond donors (Lipinski definition) is 1. The fourth-order valence-electron chi connectivity index (χ4n) is 1.67. The normalized spacial score (nSPS) is 19.6. The van der Waals surface area contributed by atoms with E-state index in [4.69, 9.17) is 9.47 Å². The van der Waals surface area contributed by atoms with Crippen molar-refractivity contribution in [1.82, 2.24) is 0 Å². The van der Waals surface area contributed by atoms with E-state index in [2.05, 4.69) is 0 Å². The first-order valence-electron chi connectivity index (χ1n) is 5.34. The molecule has 0 amide bonds. The van der Waals surface area contributed by atoms with Crippen LogP contribution in [-0.4, -0.2) is 30.4 Å². The molecule has 0 aromatic heterocycles. The van der Waals surface area contributed by atoms with Gasteiger partial charge in [0.1, 0.15) is 17.9 Å². The maximum Gasteiger partial charge on any atom is 0.342 e.